The van der Waals surface area contributed by atoms with Crippen LogP contribution in [-0.4, -0.2) is 11.9 Å². The van der Waals surface area contributed by atoms with E-state index in [1.54, 1.807) is 0 Å². The summed E-state index contributed by atoms with van der Waals surface area (Å²) in [5.74, 6) is 1.23. The molecule has 1 saturated heterocycles. The molecular formula is C21H23NOS. The molecule has 2 aliphatic rings. The molecule has 0 saturated carbocycles. The zero-order chi connectivity index (χ0) is 16.6. The van der Waals surface area contributed by atoms with Crippen molar-refractivity contribution in [3.8, 4) is 0 Å². The van der Waals surface area contributed by atoms with Crippen LogP contribution in [0.1, 0.15) is 42.9 Å². The molecular weight excluding hydrogens is 314 g/mol. The number of carbonyl (C=O) groups excluding carboxylic acids is 1. The Balaban J connectivity index is 1.55. The summed E-state index contributed by atoms with van der Waals surface area (Å²) in [6, 6.07) is 17.9. The first-order chi connectivity index (χ1) is 11.6. The lowest BCUT2D eigenvalue weighted by Crippen LogP contribution is -2.55. The summed E-state index contributed by atoms with van der Waals surface area (Å²) in [6.07, 6.45) is 3.74. The Bertz CT molecular complexity index is 758. The van der Waals surface area contributed by atoms with Crippen molar-refractivity contribution >= 4 is 17.7 Å². The van der Waals surface area contributed by atoms with Crippen molar-refractivity contribution in [1.29, 1.82) is 0 Å². The summed E-state index contributed by atoms with van der Waals surface area (Å²) in [5.41, 5.74) is 4.39. The van der Waals surface area contributed by atoms with Gasteiger partial charge in [-0.3, -0.25) is 4.79 Å². The van der Waals surface area contributed by atoms with Crippen LogP contribution in [0.3, 0.4) is 0 Å². The Morgan fingerprint density at radius 2 is 2.00 bits per heavy atom. The summed E-state index contributed by atoms with van der Waals surface area (Å²) in [7, 11) is 0. The van der Waals surface area contributed by atoms with Crippen LogP contribution in [0.4, 0.5) is 0 Å². The van der Waals surface area contributed by atoms with Crippen LogP contribution in [0.5, 0.6) is 0 Å². The molecule has 0 bridgehead atoms. The molecule has 1 amide bonds. The van der Waals surface area contributed by atoms with Gasteiger partial charge >= 0.3 is 0 Å². The molecule has 0 spiro atoms. The van der Waals surface area contributed by atoms with E-state index >= 15 is 0 Å². The maximum absolute atomic E-state index is 11.7. The minimum atomic E-state index is 0.101. The van der Waals surface area contributed by atoms with E-state index < -0.39 is 0 Å². The zero-order valence-corrected chi connectivity index (χ0v) is 14.9. The largest absolute Gasteiger partial charge is 0.352 e. The van der Waals surface area contributed by atoms with Crippen molar-refractivity contribution in [2.45, 2.75) is 54.7 Å². The topological polar surface area (TPSA) is 29.1 Å². The van der Waals surface area contributed by atoms with E-state index in [1.165, 1.54) is 21.6 Å². The van der Waals surface area contributed by atoms with Crippen molar-refractivity contribution in [2.75, 3.05) is 0 Å². The van der Waals surface area contributed by atoms with Crippen molar-refractivity contribution < 1.29 is 4.79 Å². The Kier molecular flexibility index (Phi) is 4.13. The number of hydrogen-bond donors (Lipinski definition) is 1. The smallest absolute Gasteiger partial charge is 0.220 e. The third kappa shape index (κ3) is 2.86. The SMILES string of the molecule is C[C@]12CCC(=O)N[C@@H]1CCc1cc(SCc3ccccc3)ccc12. The van der Waals surface area contributed by atoms with Gasteiger partial charge in [-0.15, -0.1) is 11.8 Å². The number of aryl methyl sites for hydroxylation is 1. The van der Waals surface area contributed by atoms with Gasteiger partial charge in [0.25, 0.3) is 0 Å². The Hall–Kier alpha value is -1.74. The number of nitrogens with one attached hydrogen (secondary N) is 1. The van der Waals surface area contributed by atoms with Crippen molar-refractivity contribution in [1.82, 2.24) is 5.32 Å². The molecule has 24 heavy (non-hydrogen) atoms. The lowest BCUT2D eigenvalue weighted by Gasteiger charge is -2.46. The average molecular weight is 337 g/mol. The monoisotopic (exact) mass is 337 g/mol. The van der Waals surface area contributed by atoms with Crippen LogP contribution in [0.2, 0.25) is 0 Å². The third-order valence-electron chi connectivity index (χ3n) is 5.62. The van der Waals surface area contributed by atoms with Gasteiger partial charge in [0.05, 0.1) is 0 Å². The van der Waals surface area contributed by atoms with Gasteiger partial charge < -0.3 is 5.32 Å². The predicted octanol–water partition coefficient (Wildman–Crippen LogP) is 4.46. The third-order valence-corrected chi connectivity index (χ3v) is 6.68. The van der Waals surface area contributed by atoms with E-state index in [4.69, 9.17) is 0 Å². The first-order valence-corrected chi connectivity index (χ1v) is 9.73. The average Bonchev–Trinajstić information content (AvgIpc) is 2.61. The molecule has 0 aromatic heterocycles. The molecule has 2 atom stereocenters. The summed E-state index contributed by atoms with van der Waals surface area (Å²) in [5, 5.41) is 3.22. The highest BCUT2D eigenvalue weighted by molar-refractivity contribution is 7.98. The minimum absolute atomic E-state index is 0.101. The summed E-state index contributed by atoms with van der Waals surface area (Å²) >= 11 is 1.91. The van der Waals surface area contributed by atoms with Gasteiger partial charge in [-0.2, -0.15) is 0 Å². The number of hydrogen-bond acceptors (Lipinski definition) is 2. The van der Waals surface area contributed by atoms with Gasteiger partial charge in [0, 0.05) is 28.5 Å². The molecule has 1 N–H and O–H groups in total. The quantitative estimate of drug-likeness (QED) is 0.838. The highest BCUT2D eigenvalue weighted by Crippen LogP contribution is 2.43. The second kappa shape index (κ2) is 6.29. The fourth-order valence-corrected chi connectivity index (χ4v) is 5.07. The van der Waals surface area contributed by atoms with Crippen molar-refractivity contribution in [2.24, 2.45) is 0 Å². The lowest BCUT2D eigenvalue weighted by atomic mass is 9.64. The van der Waals surface area contributed by atoms with Gasteiger partial charge in [0.2, 0.25) is 5.91 Å². The molecule has 1 heterocycles. The van der Waals surface area contributed by atoms with Gasteiger partial charge in [0.15, 0.2) is 0 Å². The van der Waals surface area contributed by atoms with E-state index in [0.717, 1.165) is 25.0 Å². The minimum Gasteiger partial charge on any atom is -0.352 e. The molecule has 2 aromatic rings. The maximum atomic E-state index is 11.7. The van der Waals surface area contributed by atoms with E-state index in [0.29, 0.717) is 12.5 Å². The highest BCUT2D eigenvalue weighted by Gasteiger charge is 2.43. The fourth-order valence-electron chi connectivity index (χ4n) is 4.15. The van der Waals surface area contributed by atoms with Crippen LogP contribution in [0.15, 0.2) is 53.4 Å². The Morgan fingerprint density at radius 3 is 2.83 bits per heavy atom. The van der Waals surface area contributed by atoms with Gasteiger partial charge in [-0.1, -0.05) is 43.3 Å². The van der Waals surface area contributed by atoms with Crippen molar-refractivity contribution in [3.63, 3.8) is 0 Å². The van der Waals surface area contributed by atoms with Crippen LogP contribution in [-0.2, 0) is 22.4 Å². The van der Waals surface area contributed by atoms with Crippen LogP contribution in [0, 0.1) is 0 Å². The van der Waals surface area contributed by atoms with Crippen molar-refractivity contribution in [3.05, 3.63) is 65.2 Å². The number of thioether (sulfide) groups is 1. The number of rotatable bonds is 3. The molecule has 4 rings (SSSR count). The molecule has 0 unspecified atom stereocenters. The second-order valence-corrected chi connectivity index (χ2v) is 8.22. The van der Waals surface area contributed by atoms with E-state index in [-0.39, 0.29) is 11.3 Å². The van der Waals surface area contributed by atoms with Gasteiger partial charge in [-0.25, -0.2) is 0 Å². The molecule has 2 nitrogen and oxygen atoms in total. The van der Waals surface area contributed by atoms with E-state index in [2.05, 4.69) is 60.8 Å². The van der Waals surface area contributed by atoms with E-state index in [1.807, 2.05) is 11.8 Å². The van der Waals surface area contributed by atoms with Gasteiger partial charge in [0.1, 0.15) is 0 Å². The highest BCUT2D eigenvalue weighted by atomic mass is 32.2. The standard InChI is InChI=1S/C21H23NOS/c1-21-12-11-20(23)22-19(21)10-7-16-13-17(8-9-18(16)21)24-14-15-5-3-2-4-6-15/h2-6,8-9,13,19H,7,10-12,14H2,1H3,(H,22,23)/t19-,21-/m1/s1. The van der Waals surface area contributed by atoms with Crippen LogP contribution in [0.25, 0.3) is 0 Å². The second-order valence-electron chi connectivity index (χ2n) is 7.17. The summed E-state index contributed by atoms with van der Waals surface area (Å²) in [6.45, 7) is 2.33. The Morgan fingerprint density at radius 1 is 1.17 bits per heavy atom. The zero-order valence-electron chi connectivity index (χ0n) is 14.0. The molecule has 3 heteroatoms. The maximum Gasteiger partial charge on any atom is 0.220 e. The lowest BCUT2D eigenvalue weighted by molar-refractivity contribution is -0.125. The Labute approximate surface area is 148 Å². The first kappa shape index (κ1) is 15.8. The molecule has 2 aromatic carbocycles. The number of amides is 1. The number of piperidine rings is 1. The van der Waals surface area contributed by atoms with Gasteiger partial charge in [-0.05, 0) is 48.1 Å². The van der Waals surface area contributed by atoms with Crippen LogP contribution < -0.4 is 5.32 Å². The summed E-state index contributed by atoms with van der Waals surface area (Å²) in [4.78, 5) is 13.1. The molecule has 0 radical (unpaired) electrons. The first-order valence-electron chi connectivity index (χ1n) is 8.75. The molecule has 124 valence electrons. The van der Waals surface area contributed by atoms with E-state index in [9.17, 15) is 4.79 Å². The molecule has 1 aliphatic heterocycles. The normalized spacial score (nSPS) is 25.5. The predicted molar refractivity (Wildman–Crippen MR) is 99.3 cm³/mol. The summed E-state index contributed by atoms with van der Waals surface area (Å²) < 4.78 is 0. The molecule has 1 aliphatic carbocycles. The number of benzene rings is 2. The number of fused-ring (bicyclic) bond motifs is 3. The number of carbonyl (C=O) groups is 1. The molecule has 1 fully saturated rings. The fraction of sp³-hybridized carbons (Fsp3) is 0.381. The van der Waals surface area contributed by atoms with Crippen LogP contribution >= 0.6 is 11.8 Å².